The molecule has 1 aromatic rings. The minimum absolute atomic E-state index is 0.109. The molecule has 3 heteroatoms. The van der Waals surface area contributed by atoms with Gasteiger partial charge in [0, 0.05) is 12.3 Å². The lowest BCUT2D eigenvalue weighted by molar-refractivity contribution is 0.412. The van der Waals surface area contributed by atoms with Gasteiger partial charge < -0.3 is 4.74 Å². The molecule has 0 radical (unpaired) electrons. The largest absolute Gasteiger partial charge is 0.497 e. The number of ether oxygens (including phenoxy) is 1. The van der Waals surface area contributed by atoms with Crippen molar-refractivity contribution in [2.75, 3.05) is 19.6 Å². The van der Waals surface area contributed by atoms with Crippen molar-refractivity contribution in [1.82, 2.24) is 4.98 Å². The molecule has 0 aliphatic rings. The van der Waals surface area contributed by atoms with Crippen molar-refractivity contribution < 1.29 is 4.74 Å². The number of thiol groups is 1. The molecular formula is C8H13NOS. The van der Waals surface area contributed by atoms with E-state index in [1.165, 1.54) is 0 Å². The van der Waals surface area contributed by atoms with Gasteiger partial charge in [-0.05, 0) is 18.6 Å². The number of aromatic nitrogens is 1. The van der Waals surface area contributed by atoms with Crippen molar-refractivity contribution in [1.29, 1.82) is 0 Å². The average molecular weight is 171 g/mol. The molecule has 1 aromatic heterocycles. The fourth-order valence-corrected chi connectivity index (χ4v) is 1.45. The van der Waals surface area contributed by atoms with Gasteiger partial charge in [-0.3, -0.25) is 4.98 Å². The van der Waals surface area contributed by atoms with Crippen LogP contribution in [0.25, 0.3) is 0 Å². The monoisotopic (exact) mass is 171 g/mol. The topological polar surface area (TPSA) is 22.1 Å². The Morgan fingerprint density at radius 2 is 2.18 bits per heavy atom. The number of hydrogen-bond acceptors (Lipinski definition) is 2. The molecule has 11 heavy (non-hydrogen) atoms. The summed E-state index contributed by atoms with van der Waals surface area (Å²) in [4.78, 5) is 4.24. The molecule has 0 saturated carbocycles. The highest BCUT2D eigenvalue weighted by molar-refractivity contribution is 8.15. The predicted molar refractivity (Wildman–Crippen MR) is 49.9 cm³/mol. The summed E-state index contributed by atoms with van der Waals surface area (Å²) in [5.41, 5.74) is 0. The third-order valence-electron chi connectivity index (χ3n) is 1.41. The maximum absolute atomic E-state index is 5.08. The van der Waals surface area contributed by atoms with Gasteiger partial charge >= 0.3 is 0 Å². The predicted octanol–water partition coefficient (Wildman–Crippen LogP) is 1.71. The van der Waals surface area contributed by atoms with Crippen molar-refractivity contribution in [2.45, 2.75) is 5.03 Å². The zero-order chi connectivity index (χ0) is 8.27. The quantitative estimate of drug-likeness (QED) is 0.684. The van der Waals surface area contributed by atoms with E-state index < -0.39 is 0 Å². The first-order chi connectivity index (χ1) is 5.24. The van der Waals surface area contributed by atoms with Crippen LogP contribution in [-0.4, -0.2) is 24.6 Å². The van der Waals surface area contributed by atoms with Gasteiger partial charge in [0.1, 0.15) is 5.75 Å². The molecule has 0 aliphatic heterocycles. The second-order valence-electron chi connectivity index (χ2n) is 2.45. The summed E-state index contributed by atoms with van der Waals surface area (Å²) in [5.74, 6) is 0.895. The lowest BCUT2D eigenvalue weighted by Crippen LogP contribution is -1.87. The standard InChI is InChI=1S/C8H13NOS/c1-10-7-4-5-9-8(6-7)11(2)3/h4-6,11H,1-3H3. The molecule has 62 valence electrons. The maximum Gasteiger partial charge on any atom is 0.123 e. The number of methoxy groups -OCH3 is 1. The molecule has 0 amide bonds. The zero-order valence-electron chi connectivity index (χ0n) is 7.03. The number of pyridine rings is 1. The smallest absolute Gasteiger partial charge is 0.123 e. The fraction of sp³-hybridized carbons (Fsp3) is 0.375. The first-order valence-electron chi connectivity index (χ1n) is 3.41. The van der Waals surface area contributed by atoms with Crippen molar-refractivity contribution in [3.05, 3.63) is 18.3 Å². The van der Waals surface area contributed by atoms with Crippen LogP contribution in [0.2, 0.25) is 0 Å². The zero-order valence-corrected chi connectivity index (χ0v) is 7.93. The minimum Gasteiger partial charge on any atom is -0.497 e. The Bertz CT molecular complexity index is 237. The molecule has 0 saturated heterocycles. The Balaban J connectivity index is 2.91. The Labute approximate surface area is 70.0 Å². The molecule has 0 N–H and O–H groups in total. The van der Waals surface area contributed by atoms with Crippen molar-refractivity contribution in [3.8, 4) is 5.75 Å². The van der Waals surface area contributed by atoms with Gasteiger partial charge in [-0.15, -0.1) is 0 Å². The van der Waals surface area contributed by atoms with Gasteiger partial charge in [0.15, 0.2) is 0 Å². The van der Waals surface area contributed by atoms with E-state index in [4.69, 9.17) is 4.74 Å². The van der Waals surface area contributed by atoms with Crippen LogP contribution in [0.3, 0.4) is 0 Å². The highest BCUT2D eigenvalue weighted by atomic mass is 32.2. The fourth-order valence-electron chi connectivity index (χ4n) is 0.771. The van der Waals surface area contributed by atoms with Crippen LogP contribution < -0.4 is 4.74 Å². The number of nitrogens with zero attached hydrogens (tertiary/aromatic N) is 1. The van der Waals surface area contributed by atoms with Gasteiger partial charge in [0.25, 0.3) is 0 Å². The molecule has 0 spiro atoms. The van der Waals surface area contributed by atoms with E-state index in [2.05, 4.69) is 17.5 Å². The first-order valence-corrected chi connectivity index (χ1v) is 5.65. The van der Waals surface area contributed by atoms with Crippen molar-refractivity contribution in [2.24, 2.45) is 0 Å². The highest BCUT2D eigenvalue weighted by Crippen LogP contribution is 2.27. The van der Waals surface area contributed by atoms with E-state index in [-0.39, 0.29) is 10.9 Å². The van der Waals surface area contributed by atoms with Crippen LogP contribution >= 0.6 is 10.9 Å². The van der Waals surface area contributed by atoms with Gasteiger partial charge in [0.2, 0.25) is 0 Å². The molecule has 0 unspecified atom stereocenters. The van der Waals surface area contributed by atoms with E-state index in [0.717, 1.165) is 10.8 Å². The van der Waals surface area contributed by atoms with Crippen LogP contribution in [0.4, 0.5) is 0 Å². The summed E-state index contributed by atoms with van der Waals surface area (Å²) in [6, 6.07) is 3.86. The summed E-state index contributed by atoms with van der Waals surface area (Å²) < 4.78 is 5.08. The third-order valence-corrected chi connectivity index (χ3v) is 2.57. The van der Waals surface area contributed by atoms with E-state index in [9.17, 15) is 0 Å². The number of hydrogen-bond donors (Lipinski definition) is 1. The Hall–Kier alpha value is -0.700. The summed E-state index contributed by atoms with van der Waals surface area (Å²) >= 11 is 0. The van der Waals surface area contributed by atoms with Gasteiger partial charge in [-0.2, -0.15) is 0 Å². The minimum atomic E-state index is -0.109. The van der Waals surface area contributed by atoms with Crippen LogP contribution in [0.1, 0.15) is 0 Å². The SMILES string of the molecule is COc1ccnc([SH](C)C)c1. The molecule has 1 heterocycles. The molecule has 0 aromatic carbocycles. The van der Waals surface area contributed by atoms with Gasteiger partial charge in [-0.1, -0.05) is 0 Å². The van der Waals surface area contributed by atoms with Crippen molar-refractivity contribution in [3.63, 3.8) is 0 Å². The molecule has 0 fully saturated rings. The lowest BCUT2D eigenvalue weighted by atomic mass is 10.5. The Morgan fingerprint density at radius 3 is 2.73 bits per heavy atom. The Morgan fingerprint density at radius 1 is 1.45 bits per heavy atom. The van der Waals surface area contributed by atoms with E-state index in [1.54, 1.807) is 13.3 Å². The van der Waals surface area contributed by atoms with E-state index in [0.29, 0.717) is 0 Å². The van der Waals surface area contributed by atoms with Crippen LogP contribution in [0.5, 0.6) is 5.75 Å². The molecule has 1 rings (SSSR count). The Kier molecular flexibility index (Phi) is 2.76. The maximum atomic E-state index is 5.08. The van der Waals surface area contributed by atoms with Gasteiger partial charge in [0.05, 0.1) is 12.1 Å². The normalized spacial score (nSPS) is 11.0. The lowest BCUT2D eigenvalue weighted by Gasteiger charge is -2.08. The summed E-state index contributed by atoms with van der Waals surface area (Å²) in [6.07, 6.45) is 6.14. The highest BCUT2D eigenvalue weighted by Gasteiger charge is 1.97. The summed E-state index contributed by atoms with van der Waals surface area (Å²) in [7, 11) is 1.56. The van der Waals surface area contributed by atoms with Gasteiger partial charge in [-0.25, -0.2) is 10.9 Å². The van der Waals surface area contributed by atoms with E-state index >= 15 is 0 Å². The van der Waals surface area contributed by atoms with Crippen LogP contribution in [0.15, 0.2) is 23.4 Å². The van der Waals surface area contributed by atoms with Crippen molar-refractivity contribution >= 4 is 10.9 Å². The molecule has 0 bridgehead atoms. The first kappa shape index (κ1) is 8.40. The molecule has 0 aliphatic carbocycles. The molecule has 2 nitrogen and oxygen atoms in total. The average Bonchev–Trinajstić information content (AvgIpc) is 2.05. The van der Waals surface area contributed by atoms with Crippen LogP contribution in [-0.2, 0) is 0 Å². The second-order valence-corrected chi connectivity index (χ2v) is 4.70. The number of rotatable bonds is 2. The van der Waals surface area contributed by atoms with Crippen LogP contribution in [0, 0.1) is 0 Å². The third kappa shape index (κ3) is 2.12. The second kappa shape index (κ2) is 3.62. The van der Waals surface area contributed by atoms with E-state index in [1.807, 2.05) is 12.1 Å². The summed E-state index contributed by atoms with van der Waals surface area (Å²) in [6.45, 7) is 0. The summed E-state index contributed by atoms with van der Waals surface area (Å²) in [5, 5.41) is 1.14. The molecule has 0 atom stereocenters. The molecular weight excluding hydrogens is 158 g/mol.